The summed E-state index contributed by atoms with van der Waals surface area (Å²) >= 11 is 0. The lowest BCUT2D eigenvalue weighted by Crippen LogP contribution is -2.51. The highest BCUT2D eigenvalue weighted by molar-refractivity contribution is 5.95. The van der Waals surface area contributed by atoms with Crippen LogP contribution >= 0.6 is 0 Å². The highest BCUT2D eigenvalue weighted by atomic mass is 16.3. The van der Waals surface area contributed by atoms with Crippen molar-refractivity contribution in [3.8, 4) is 12.3 Å². The Morgan fingerprint density at radius 3 is 2.84 bits per heavy atom. The fourth-order valence-electron chi connectivity index (χ4n) is 6.76. The molecule has 3 nitrogen and oxygen atoms in total. The van der Waals surface area contributed by atoms with E-state index in [0.717, 1.165) is 31.3 Å². The van der Waals surface area contributed by atoms with Crippen LogP contribution in [0.2, 0.25) is 0 Å². The third kappa shape index (κ3) is 2.07. The Kier molecular flexibility index (Phi) is 3.71. The van der Waals surface area contributed by atoms with Crippen LogP contribution in [-0.4, -0.2) is 22.1 Å². The molecule has 0 heterocycles. The van der Waals surface area contributed by atoms with Crippen LogP contribution in [0.25, 0.3) is 0 Å². The molecule has 0 amide bonds. The van der Waals surface area contributed by atoms with Gasteiger partial charge in [0, 0.05) is 23.8 Å². The molecule has 134 valence electrons. The van der Waals surface area contributed by atoms with Crippen LogP contribution in [0.3, 0.4) is 0 Å². The fourth-order valence-corrected chi connectivity index (χ4v) is 6.76. The van der Waals surface area contributed by atoms with E-state index in [1.165, 1.54) is 0 Å². The Morgan fingerprint density at radius 2 is 2.12 bits per heavy atom. The molecule has 4 aliphatic rings. The first-order valence-electron chi connectivity index (χ1n) is 9.62. The monoisotopic (exact) mass is 340 g/mol. The van der Waals surface area contributed by atoms with Crippen molar-refractivity contribution in [2.75, 3.05) is 0 Å². The van der Waals surface area contributed by atoms with Crippen molar-refractivity contribution in [3.63, 3.8) is 0 Å². The van der Waals surface area contributed by atoms with E-state index in [0.29, 0.717) is 36.5 Å². The van der Waals surface area contributed by atoms with E-state index >= 15 is 0 Å². The van der Waals surface area contributed by atoms with Gasteiger partial charge < -0.3 is 10.2 Å². The number of hydrogen-bond donors (Lipinski definition) is 2. The number of fused-ring (bicyclic) bond motifs is 5. The third-order valence-corrected chi connectivity index (χ3v) is 8.08. The van der Waals surface area contributed by atoms with E-state index in [-0.39, 0.29) is 28.5 Å². The molecule has 1 unspecified atom stereocenters. The van der Waals surface area contributed by atoms with Crippen LogP contribution in [0.1, 0.15) is 52.4 Å². The van der Waals surface area contributed by atoms with Gasteiger partial charge in [0.05, 0.1) is 6.10 Å². The fraction of sp³-hybridized carbons (Fsp3) is 0.682. The van der Waals surface area contributed by atoms with E-state index in [1.54, 1.807) is 0 Å². The van der Waals surface area contributed by atoms with E-state index in [9.17, 15) is 15.0 Å². The number of carbonyl (C=O) groups excluding carboxylic acids is 1. The molecule has 2 fully saturated rings. The number of aliphatic hydroxyl groups is 2. The van der Waals surface area contributed by atoms with Crippen molar-refractivity contribution in [2.45, 2.75) is 58.5 Å². The summed E-state index contributed by atoms with van der Waals surface area (Å²) < 4.78 is 0. The average molecular weight is 340 g/mol. The Balaban J connectivity index is 1.82. The smallest absolute Gasteiger partial charge is 0.197 e. The molecule has 7 atom stereocenters. The zero-order valence-corrected chi connectivity index (χ0v) is 15.2. The molecular formula is C22H28O3. The number of rotatable bonds is 1. The van der Waals surface area contributed by atoms with Crippen LogP contribution in [0, 0.1) is 46.8 Å². The van der Waals surface area contributed by atoms with Gasteiger partial charge in [0.1, 0.15) is 0 Å². The summed E-state index contributed by atoms with van der Waals surface area (Å²) in [6.45, 7) is 4.40. The first-order valence-corrected chi connectivity index (χ1v) is 9.62. The zero-order chi connectivity index (χ0) is 18.0. The van der Waals surface area contributed by atoms with E-state index in [2.05, 4.69) is 25.8 Å². The maximum Gasteiger partial charge on any atom is 0.197 e. The highest BCUT2D eigenvalue weighted by Crippen LogP contribution is 2.65. The van der Waals surface area contributed by atoms with Crippen molar-refractivity contribution >= 4 is 5.78 Å². The second-order valence-electron chi connectivity index (χ2n) is 9.07. The minimum atomic E-state index is -0.274. The van der Waals surface area contributed by atoms with Gasteiger partial charge in [-0.1, -0.05) is 26.0 Å². The Labute approximate surface area is 150 Å². The summed E-state index contributed by atoms with van der Waals surface area (Å²) in [6.07, 6.45) is 14.4. The molecule has 2 N–H and O–H groups in total. The maximum absolute atomic E-state index is 12.0. The predicted molar refractivity (Wildman–Crippen MR) is 96.5 cm³/mol. The summed E-state index contributed by atoms with van der Waals surface area (Å²) in [4.78, 5) is 12.0. The SMILES string of the molecule is C#CC[C@]12CCC(=O)C(O)=C1C=C[C@@H]1[C@@H]2CC[C@]2(C)C(O)[C@@H](C)C[C@@H]12. The average Bonchev–Trinajstić information content (AvgIpc) is 2.82. The van der Waals surface area contributed by atoms with Gasteiger partial charge >= 0.3 is 0 Å². The van der Waals surface area contributed by atoms with Crippen molar-refractivity contribution in [2.24, 2.45) is 34.5 Å². The predicted octanol–water partition coefficient (Wildman–Crippen LogP) is 3.79. The van der Waals surface area contributed by atoms with Crippen molar-refractivity contribution in [3.05, 3.63) is 23.5 Å². The molecule has 4 rings (SSSR count). The van der Waals surface area contributed by atoms with Crippen molar-refractivity contribution in [1.82, 2.24) is 0 Å². The largest absolute Gasteiger partial charge is 0.504 e. The second-order valence-corrected chi connectivity index (χ2v) is 9.07. The summed E-state index contributed by atoms with van der Waals surface area (Å²) in [5, 5.41) is 21.2. The molecule has 0 radical (unpaired) electrons. The van der Waals surface area contributed by atoms with E-state index < -0.39 is 0 Å². The van der Waals surface area contributed by atoms with Crippen LogP contribution < -0.4 is 0 Å². The molecule has 4 aliphatic carbocycles. The summed E-state index contributed by atoms with van der Waals surface area (Å²) in [6, 6.07) is 0. The maximum atomic E-state index is 12.0. The van der Waals surface area contributed by atoms with E-state index in [4.69, 9.17) is 6.42 Å². The number of aliphatic hydroxyl groups excluding tert-OH is 2. The Hall–Kier alpha value is -1.53. The van der Waals surface area contributed by atoms with Crippen molar-refractivity contribution in [1.29, 1.82) is 0 Å². The third-order valence-electron chi connectivity index (χ3n) is 8.08. The van der Waals surface area contributed by atoms with Crippen LogP contribution in [0.4, 0.5) is 0 Å². The minimum absolute atomic E-state index is 0.0317. The second kappa shape index (κ2) is 5.48. The van der Waals surface area contributed by atoms with E-state index in [1.807, 2.05) is 6.08 Å². The molecule has 25 heavy (non-hydrogen) atoms. The van der Waals surface area contributed by atoms with Crippen LogP contribution in [0.15, 0.2) is 23.5 Å². The van der Waals surface area contributed by atoms with Gasteiger partial charge in [0.25, 0.3) is 0 Å². The highest BCUT2D eigenvalue weighted by Gasteiger charge is 2.61. The number of hydrogen-bond acceptors (Lipinski definition) is 3. The summed E-state index contributed by atoms with van der Waals surface area (Å²) in [5.41, 5.74) is 0.471. The number of terminal acetylenes is 1. The van der Waals surface area contributed by atoms with Crippen LogP contribution in [0.5, 0.6) is 0 Å². The topological polar surface area (TPSA) is 57.5 Å². The van der Waals surface area contributed by atoms with Gasteiger partial charge in [-0.2, -0.15) is 0 Å². The quantitative estimate of drug-likeness (QED) is 0.714. The van der Waals surface area contributed by atoms with Gasteiger partial charge in [0.15, 0.2) is 11.5 Å². The molecule has 0 bridgehead atoms. The van der Waals surface area contributed by atoms with Gasteiger partial charge in [-0.05, 0) is 54.8 Å². The van der Waals surface area contributed by atoms with Crippen LogP contribution in [-0.2, 0) is 4.79 Å². The molecule has 0 saturated heterocycles. The number of Topliss-reactive ketones (excluding diaryl/α,β-unsaturated/α-hetero) is 1. The Bertz CT molecular complexity index is 711. The molecule has 0 aromatic rings. The minimum Gasteiger partial charge on any atom is -0.504 e. The molecule has 0 aromatic carbocycles. The first-order chi connectivity index (χ1) is 11.8. The summed E-state index contributed by atoms with van der Waals surface area (Å²) in [5.74, 6) is 4.12. The van der Waals surface area contributed by atoms with Gasteiger partial charge in [0.2, 0.25) is 0 Å². The molecule has 0 aromatic heterocycles. The number of ketones is 1. The normalized spacial score (nSPS) is 48.6. The standard InChI is InChI=1S/C22H28O3/c1-4-9-22-11-8-18(23)19(24)16(22)6-5-14-15(22)7-10-21(3)17(14)12-13(2)20(21)25/h1,5-6,13-15,17,20,24-25H,7-12H2,2-3H3/t13-,14+,15-,17-,20?,21-,22+/m0/s1. The molecule has 2 saturated carbocycles. The first kappa shape index (κ1) is 16.9. The van der Waals surface area contributed by atoms with Gasteiger partial charge in [-0.25, -0.2) is 0 Å². The number of allylic oxidation sites excluding steroid dienone is 4. The molecule has 3 heteroatoms. The molecule has 0 aliphatic heterocycles. The van der Waals surface area contributed by atoms with Gasteiger partial charge in [-0.3, -0.25) is 4.79 Å². The lowest BCUT2D eigenvalue weighted by molar-refractivity contribution is -0.121. The number of carbonyl (C=O) groups is 1. The molecule has 0 spiro atoms. The molecular weight excluding hydrogens is 312 g/mol. The lowest BCUT2D eigenvalue weighted by Gasteiger charge is -2.56. The Morgan fingerprint density at radius 1 is 1.36 bits per heavy atom. The van der Waals surface area contributed by atoms with Gasteiger partial charge in [-0.15, -0.1) is 12.3 Å². The summed E-state index contributed by atoms with van der Waals surface area (Å²) in [7, 11) is 0. The zero-order valence-electron chi connectivity index (χ0n) is 15.2. The lowest BCUT2D eigenvalue weighted by atomic mass is 9.48. The van der Waals surface area contributed by atoms with Crippen molar-refractivity contribution < 1.29 is 15.0 Å².